The maximum absolute atomic E-state index is 12.4. The van der Waals surface area contributed by atoms with Crippen LogP contribution < -0.4 is 10.1 Å². The second-order valence-electron chi connectivity index (χ2n) is 7.00. The van der Waals surface area contributed by atoms with Gasteiger partial charge in [0, 0.05) is 44.0 Å². The first-order valence-electron chi connectivity index (χ1n) is 9.31. The number of piperidine rings is 1. The molecule has 2 aliphatic rings. The largest absolute Gasteiger partial charge is 0.490 e. The van der Waals surface area contributed by atoms with Crippen LogP contribution in [0.4, 0.5) is 4.79 Å². The van der Waals surface area contributed by atoms with Crippen LogP contribution in [-0.2, 0) is 0 Å². The quantitative estimate of drug-likeness (QED) is 0.871. The summed E-state index contributed by atoms with van der Waals surface area (Å²) < 4.78 is 5.98. The number of rotatable bonds is 5. The van der Waals surface area contributed by atoms with Crippen molar-refractivity contribution in [2.75, 3.05) is 39.3 Å². The third-order valence-corrected chi connectivity index (χ3v) is 5.42. The van der Waals surface area contributed by atoms with Crippen LogP contribution in [0.2, 0.25) is 5.02 Å². The number of ether oxygens (including phenoxy) is 1. The molecular weight excluding hydrogens is 338 g/mol. The second kappa shape index (κ2) is 8.77. The molecule has 0 spiro atoms. The van der Waals surface area contributed by atoms with Crippen LogP contribution in [0.25, 0.3) is 0 Å². The van der Waals surface area contributed by atoms with Gasteiger partial charge in [0.1, 0.15) is 11.9 Å². The first-order chi connectivity index (χ1) is 12.1. The first kappa shape index (κ1) is 18.3. The number of nitrogens with zero attached hydrogens (tertiary/aromatic N) is 2. The highest BCUT2D eigenvalue weighted by Gasteiger charge is 2.26. The van der Waals surface area contributed by atoms with Gasteiger partial charge in [-0.05, 0) is 43.6 Å². The maximum atomic E-state index is 12.4. The normalized spacial score (nSPS) is 22.2. The summed E-state index contributed by atoms with van der Waals surface area (Å²) in [6.45, 7) is 7.82. The molecule has 1 unspecified atom stereocenters. The fourth-order valence-corrected chi connectivity index (χ4v) is 3.80. The topological polar surface area (TPSA) is 44.8 Å². The summed E-state index contributed by atoms with van der Waals surface area (Å²) in [5, 5.41) is 3.80. The van der Waals surface area contributed by atoms with Crippen LogP contribution in [0.5, 0.6) is 5.75 Å². The van der Waals surface area contributed by atoms with Gasteiger partial charge in [0.2, 0.25) is 0 Å². The molecule has 138 valence electrons. The summed E-state index contributed by atoms with van der Waals surface area (Å²) in [7, 11) is 0. The van der Waals surface area contributed by atoms with Gasteiger partial charge in [0.25, 0.3) is 0 Å². The van der Waals surface area contributed by atoms with Crippen molar-refractivity contribution in [3.63, 3.8) is 0 Å². The zero-order chi connectivity index (χ0) is 17.6. The van der Waals surface area contributed by atoms with E-state index in [0.717, 1.165) is 57.9 Å². The molecule has 2 amide bonds. The van der Waals surface area contributed by atoms with E-state index in [9.17, 15) is 4.79 Å². The summed E-state index contributed by atoms with van der Waals surface area (Å²) in [4.78, 5) is 16.7. The van der Waals surface area contributed by atoms with Crippen molar-refractivity contribution in [1.82, 2.24) is 15.1 Å². The Bertz CT molecular complexity index is 576. The molecular formula is C19H28ClN3O2. The van der Waals surface area contributed by atoms with Gasteiger partial charge in [0.05, 0.1) is 0 Å². The first-order valence-corrected chi connectivity index (χ1v) is 9.69. The molecule has 1 N–H and O–H groups in total. The summed E-state index contributed by atoms with van der Waals surface area (Å²) in [6, 6.07) is 7.55. The van der Waals surface area contributed by atoms with Gasteiger partial charge in [-0.25, -0.2) is 4.79 Å². The van der Waals surface area contributed by atoms with Gasteiger partial charge in [-0.2, -0.15) is 0 Å². The Kier molecular flexibility index (Phi) is 6.43. The average molecular weight is 366 g/mol. The number of nitrogens with one attached hydrogen (secondary N) is 1. The lowest BCUT2D eigenvalue weighted by Gasteiger charge is -2.32. The molecule has 5 nitrogen and oxygen atoms in total. The Morgan fingerprint density at radius 2 is 2.08 bits per heavy atom. The van der Waals surface area contributed by atoms with E-state index in [0.29, 0.717) is 10.9 Å². The molecule has 1 aromatic rings. The van der Waals surface area contributed by atoms with Crippen molar-refractivity contribution in [1.29, 1.82) is 0 Å². The van der Waals surface area contributed by atoms with Crippen LogP contribution in [0.15, 0.2) is 24.3 Å². The van der Waals surface area contributed by atoms with Gasteiger partial charge in [0.15, 0.2) is 0 Å². The molecule has 1 atom stereocenters. The predicted molar refractivity (Wildman–Crippen MR) is 100 cm³/mol. The number of hydrogen-bond acceptors (Lipinski definition) is 3. The number of urea groups is 1. The van der Waals surface area contributed by atoms with E-state index >= 15 is 0 Å². The third kappa shape index (κ3) is 5.25. The summed E-state index contributed by atoms with van der Waals surface area (Å²) in [5.41, 5.74) is 0. The van der Waals surface area contributed by atoms with E-state index in [1.165, 1.54) is 6.42 Å². The lowest BCUT2D eigenvalue weighted by atomic mass is 10.1. The minimum absolute atomic E-state index is 0.0659. The molecule has 0 radical (unpaired) electrons. The number of likely N-dealkylation sites (tertiary alicyclic amines) is 2. The lowest BCUT2D eigenvalue weighted by Crippen LogP contribution is -2.47. The second-order valence-corrected chi connectivity index (χ2v) is 7.43. The average Bonchev–Trinajstić information content (AvgIpc) is 3.08. The Labute approximate surface area is 155 Å². The number of halogens is 1. The molecule has 3 rings (SSSR count). The molecule has 6 heteroatoms. The minimum Gasteiger partial charge on any atom is -0.490 e. The van der Waals surface area contributed by atoms with Gasteiger partial charge >= 0.3 is 6.03 Å². The standard InChI is InChI=1S/C19H28ClN3O2/c1-2-22-9-6-15(14-22)13-21-19(24)23-10-7-17(8-11-23)25-18-5-3-4-16(20)12-18/h3-5,12,15,17H,2,6-11,13-14H2,1H3,(H,21,24). The lowest BCUT2D eigenvalue weighted by molar-refractivity contribution is 0.110. The highest BCUT2D eigenvalue weighted by Crippen LogP contribution is 2.22. The van der Waals surface area contributed by atoms with Crippen LogP contribution >= 0.6 is 11.6 Å². The Hall–Kier alpha value is -1.46. The summed E-state index contributed by atoms with van der Waals surface area (Å²) in [6.07, 6.45) is 3.04. The zero-order valence-electron chi connectivity index (χ0n) is 14.9. The van der Waals surface area contributed by atoms with Crippen LogP contribution in [-0.4, -0.2) is 61.2 Å². The molecule has 2 aliphatic heterocycles. The molecule has 2 heterocycles. The highest BCUT2D eigenvalue weighted by atomic mass is 35.5. The van der Waals surface area contributed by atoms with E-state index in [1.54, 1.807) is 0 Å². The molecule has 2 saturated heterocycles. The van der Waals surface area contributed by atoms with Crippen LogP contribution in [0.1, 0.15) is 26.2 Å². The maximum Gasteiger partial charge on any atom is 0.317 e. The fourth-order valence-electron chi connectivity index (χ4n) is 3.62. The van der Waals surface area contributed by atoms with E-state index in [2.05, 4.69) is 17.1 Å². The highest BCUT2D eigenvalue weighted by molar-refractivity contribution is 6.30. The van der Waals surface area contributed by atoms with Gasteiger partial charge in [-0.15, -0.1) is 0 Å². The van der Waals surface area contributed by atoms with Crippen molar-refractivity contribution in [3.05, 3.63) is 29.3 Å². The van der Waals surface area contributed by atoms with Crippen molar-refractivity contribution in [2.24, 2.45) is 5.92 Å². The Morgan fingerprint density at radius 3 is 2.76 bits per heavy atom. The number of carbonyl (C=O) groups is 1. The molecule has 0 saturated carbocycles. The number of benzene rings is 1. The van der Waals surface area contributed by atoms with E-state index in [-0.39, 0.29) is 12.1 Å². The zero-order valence-corrected chi connectivity index (χ0v) is 15.7. The van der Waals surface area contributed by atoms with Crippen molar-refractivity contribution in [2.45, 2.75) is 32.3 Å². The van der Waals surface area contributed by atoms with Crippen LogP contribution in [0, 0.1) is 5.92 Å². The Balaban J connectivity index is 1.37. The number of hydrogen-bond donors (Lipinski definition) is 1. The van der Waals surface area contributed by atoms with Crippen molar-refractivity contribution in [3.8, 4) is 5.75 Å². The number of carbonyl (C=O) groups excluding carboxylic acids is 1. The molecule has 0 aromatic heterocycles. The predicted octanol–water partition coefficient (Wildman–Crippen LogP) is 3.23. The van der Waals surface area contributed by atoms with E-state index in [4.69, 9.17) is 16.3 Å². The molecule has 0 aliphatic carbocycles. The summed E-state index contributed by atoms with van der Waals surface area (Å²) in [5.74, 6) is 1.39. The third-order valence-electron chi connectivity index (χ3n) is 5.19. The Morgan fingerprint density at radius 1 is 1.28 bits per heavy atom. The van der Waals surface area contributed by atoms with Crippen LogP contribution in [0.3, 0.4) is 0 Å². The fraction of sp³-hybridized carbons (Fsp3) is 0.632. The molecule has 25 heavy (non-hydrogen) atoms. The minimum atomic E-state index is 0.0659. The van der Waals surface area contributed by atoms with Gasteiger partial charge in [-0.3, -0.25) is 0 Å². The summed E-state index contributed by atoms with van der Waals surface area (Å²) >= 11 is 5.99. The van der Waals surface area contributed by atoms with Gasteiger partial charge in [-0.1, -0.05) is 24.6 Å². The monoisotopic (exact) mass is 365 g/mol. The van der Waals surface area contributed by atoms with Gasteiger partial charge < -0.3 is 19.9 Å². The molecule has 1 aromatic carbocycles. The van der Waals surface area contributed by atoms with Crippen molar-refractivity contribution < 1.29 is 9.53 Å². The number of amides is 2. The molecule has 0 bridgehead atoms. The molecule has 2 fully saturated rings. The van der Waals surface area contributed by atoms with E-state index in [1.807, 2.05) is 29.2 Å². The SMILES string of the molecule is CCN1CCC(CNC(=O)N2CCC(Oc3cccc(Cl)c3)CC2)C1. The smallest absolute Gasteiger partial charge is 0.317 e. The van der Waals surface area contributed by atoms with Crippen molar-refractivity contribution >= 4 is 17.6 Å². The van der Waals surface area contributed by atoms with E-state index < -0.39 is 0 Å².